The summed E-state index contributed by atoms with van der Waals surface area (Å²) in [6.45, 7) is 4.65. The second-order valence-corrected chi connectivity index (χ2v) is 9.41. The summed E-state index contributed by atoms with van der Waals surface area (Å²) in [4.78, 5) is 22.0. The van der Waals surface area contributed by atoms with Gasteiger partial charge in [0, 0.05) is 35.2 Å². The zero-order valence-electron chi connectivity index (χ0n) is 18.4. The molecule has 8 heteroatoms. The third-order valence-corrected chi connectivity index (χ3v) is 7.27. The van der Waals surface area contributed by atoms with E-state index >= 15 is 0 Å². The lowest BCUT2D eigenvalue weighted by Crippen LogP contribution is -2.46. The molecule has 0 bridgehead atoms. The molecule has 0 spiro atoms. The molecular formula is C24H29FN4O2S. The van der Waals surface area contributed by atoms with Crippen LogP contribution in [0.2, 0.25) is 0 Å². The number of halogens is 1. The van der Waals surface area contributed by atoms with E-state index in [0.717, 1.165) is 41.4 Å². The summed E-state index contributed by atoms with van der Waals surface area (Å²) < 4.78 is 14.0. The van der Waals surface area contributed by atoms with Crippen molar-refractivity contribution < 1.29 is 14.3 Å². The third kappa shape index (κ3) is 4.92. The van der Waals surface area contributed by atoms with E-state index in [1.54, 1.807) is 36.5 Å². The van der Waals surface area contributed by atoms with E-state index in [1.807, 2.05) is 13.0 Å². The molecule has 1 saturated heterocycles. The fourth-order valence-corrected chi connectivity index (χ4v) is 5.26. The molecule has 3 aromatic rings. The molecule has 0 saturated carbocycles. The molecule has 1 fully saturated rings. The predicted octanol–water partition coefficient (Wildman–Crippen LogP) is 4.04. The highest BCUT2D eigenvalue weighted by Gasteiger charge is 2.30. The Balaban J connectivity index is 1.56. The lowest BCUT2D eigenvalue weighted by Gasteiger charge is -2.30. The Hall–Kier alpha value is -2.55. The number of nitrogens with zero attached hydrogens (tertiary/aromatic N) is 1. The fourth-order valence-electron chi connectivity index (χ4n) is 4.09. The van der Waals surface area contributed by atoms with Crippen LogP contribution in [0, 0.1) is 19.7 Å². The second-order valence-electron chi connectivity index (χ2n) is 8.29. The average Bonchev–Trinajstić information content (AvgIpc) is 3.42. The van der Waals surface area contributed by atoms with Gasteiger partial charge in [-0.15, -0.1) is 11.3 Å². The highest BCUT2D eigenvalue weighted by Crippen LogP contribution is 2.30. The zero-order valence-corrected chi connectivity index (χ0v) is 19.2. The van der Waals surface area contributed by atoms with Crippen LogP contribution >= 0.6 is 11.3 Å². The summed E-state index contributed by atoms with van der Waals surface area (Å²) in [5.41, 5.74) is 3.29. The molecule has 1 aromatic carbocycles. The van der Waals surface area contributed by atoms with Crippen LogP contribution in [0.3, 0.4) is 0 Å². The van der Waals surface area contributed by atoms with Gasteiger partial charge in [-0.3, -0.25) is 4.79 Å². The molecule has 0 radical (unpaired) electrons. The minimum absolute atomic E-state index is 0.0754. The molecular weight excluding hydrogens is 427 g/mol. The number of carbonyl (C=O) groups is 1. The number of hydrogen-bond acceptors (Lipinski definition) is 5. The van der Waals surface area contributed by atoms with Gasteiger partial charge in [-0.1, -0.05) is 18.6 Å². The van der Waals surface area contributed by atoms with Crippen molar-refractivity contribution in [2.24, 2.45) is 0 Å². The summed E-state index contributed by atoms with van der Waals surface area (Å²) in [6.07, 6.45) is 3.74. The van der Waals surface area contributed by atoms with Gasteiger partial charge >= 0.3 is 0 Å². The topological polar surface area (TPSA) is 90.0 Å². The summed E-state index contributed by atoms with van der Waals surface area (Å²) in [6, 6.07) is 8.38. The molecule has 1 aliphatic heterocycles. The van der Waals surface area contributed by atoms with Crippen LogP contribution in [0.1, 0.15) is 56.9 Å². The Labute approximate surface area is 191 Å². The average molecular weight is 457 g/mol. The van der Waals surface area contributed by atoms with Crippen LogP contribution < -0.4 is 10.6 Å². The van der Waals surface area contributed by atoms with E-state index in [1.165, 1.54) is 6.07 Å². The highest BCUT2D eigenvalue weighted by molar-refractivity contribution is 7.11. The molecule has 2 unspecified atom stereocenters. The number of aromatic amines is 1. The highest BCUT2D eigenvalue weighted by atomic mass is 32.1. The number of carbonyl (C=O) groups excluding carboxylic acids is 1. The number of rotatable bonds is 7. The van der Waals surface area contributed by atoms with Gasteiger partial charge < -0.3 is 20.7 Å². The Kier molecular flexibility index (Phi) is 7.03. The summed E-state index contributed by atoms with van der Waals surface area (Å²) in [5, 5.41) is 16.9. The number of hydrogen-bond donors (Lipinski definition) is 4. The molecule has 2 atom stereocenters. The Morgan fingerprint density at radius 3 is 2.88 bits per heavy atom. The van der Waals surface area contributed by atoms with Crippen molar-refractivity contribution in [2.75, 3.05) is 13.2 Å². The van der Waals surface area contributed by atoms with Crippen molar-refractivity contribution in [3.63, 3.8) is 0 Å². The van der Waals surface area contributed by atoms with E-state index in [0.29, 0.717) is 28.9 Å². The maximum atomic E-state index is 14.0. The normalized spacial score (nSPS) is 17.3. The first-order valence-electron chi connectivity index (χ1n) is 11.0. The molecule has 4 rings (SSSR count). The van der Waals surface area contributed by atoms with Gasteiger partial charge in [0.05, 0.1) is 11.7 Å². The molecule has 4 N–H and O–H groups in total. The SMILES string of the molecule is Cc1ccc(-c2ccc(C(=O)NC(c3nc(C)c(CCO)s3)C3CCCCN3)[nH]2)cc1F. The van der Waals surface area contributed by atoms with Gasteiger partial charge in [0.2, 0.25) is 0 Å². The van der Waals surface area contributed by atoms with Crippen LogP contribution in [0.25, 0.3) is 11.3 Å². The number of aromatic nitrogens is 2. The van der Waals surface area contributed by atoms with Gasteiger partial charge in [-0.25, -0.2) is 9.37 Å². The largest absolute Gasteiger partial charge is 0.396 e. The first kappa shape index (κ1) is 22.6. The molecule has 6 nitrogen and oxygen atoms in total. The number of thiazole rings is 1. The van der Waals surface area contributed by atoms with Gasteiger partial charge in [-0.2, -0.15) is 0 Å². The van der Waals surface area contributed by atoms with Gasteiger partial charge in [0.1, 0.15) is 16.5 Å². The van der Waals surface area contributed by atoms with Crippen LogP contribution in [-0.2, 0) is 6.42 Å². The van der Waals surface area contributed by atoms with Crippen LogP contribution in [0.15, 0.2) is 30.3 Å². The fraction of sp³-hybridized carbons (Fsp3) is 0.417. The van der Waals surface area contributed by atoms with E-state index < -0.39 is 0 Å². The number of amides is 1. The Morgan fingerprint density at radius 1 is 1.31 bits per heavy atom. The van der Waals surface area contributed by atoms with Crippen LogP contribution in [-0.4, -0.2) is 40.2 Å². The first-order chi connectivity index (χ1) is 15.5. The maximum Gasteiger partial charge on any atom is 0.268 e. The minimum atomic E-state index is -0.274. The molecule has 0 aliphatic carbocycles. The molecule has 1 amide bonds. The van der Waals surface area contributed by atoms with E-state index in [-0.39, 0.29) is 30.4 Å². The molecule has 2 aromatic heterocycles. The smallest absolute Gasteiger partial charge is 0.268 e. The first-order valence-corrected chi connectivity index (χ1v) is 11.8. The van der Waals surface area contributed by atoms with E-state index in [2.05, 4.69) is 15.6 Å². The number of aryl methyl sites for hydroxylation is 2. The van der Waals surface area contributed by atoms with Crippen molar-refractivity contribution in [2.45, 2.75) is 51.6 Å². The van der Waals surface area contributed by atoms with Gasteiger partial charge in [-0.05, 0) is 57.0 Å². The van der Waals surface area contributed by atoms with E-state index in [9.17, 15) is 14.3 Å². The number of H-pyrrole nitrogens is 1. The zero-order chi connectivity index (χ0) is 22.7. The standard InChI is InChI=1S/C24H29FN4O2S/c1-14-6-7-16(13-17(14)25)18-8-9-20(28-18)23(31)29-22(19-5-3-4-11-26-19)24-27-15(2)21(32-24)10-12-30/h6-9,13,19,22,26,28,30H,3-5,10-12H2,1-2H3,(H,29,31). The summed E-state index contributed by atoms with van der Waals surface area (Å²) in [7, 11) is 0. The number of aliphatic hydroxyl groups is 1. The van der Waals surface area contributed by atoms with Crippen LogP contribution in [0.5, 0.6) is 0 Å². The quantitative estimate of drug-likeness (QED) is 0.432. The number of nitrogens with one attached hydrogen (secondary N) is 3. The van der Waals surface area contributed by atoms with Crippen molar-refractivity contribution in [1.82, 2.24) is 20.6 Å². The van der Waals surface area contributed by atoms with Crippen molar-refractivity contribution in [3.05, 3.63) is 63.0 Å². The predicted molar refractivity (Wildman–Crippen MR) is 124 cm³/mol. The number of aliphatic hydroxyl groups excluding tert-OH is 1. The third-order valence-electron chi connectivity index (χ3n) is 5.96. The van der Waals surface area contributed by atoms with Crippen molar-refractivity contribution >= 4 is 17.2 Å². The minimum Gasteiger partial charge on any atom is -0.396 e. The molecule has 1 aliphatic rings. The summed E-state index contributed by atoms with van der Waals surface area (Å²) in [5.74, 6) is -0.498. The molecule has 3 heterocycles. The van der Waals surface area contributed by atoms with Gasteiger partial charge in [0.15, 0.2) is 0 Å². The van der Waals surface area contributed by atoms with Crippen molar-refractivity contribution in [3.8, 4) is 11.3 Å². The summed E-state index contributed by atoms with van der Waals surface area (Å²) >= 11 is 1.55. The Morgan fingerprint density at radius 2 is 2.16 bits per heavy atom. The van der Waals surface area contributed by atoms with Crippen molar-refractivity contribution in [1.29, 1.82) is 0 Å². The lowest BCUT2D eigenvalue weighted by molar-refractivity contribution is 0.0918. The number of benzene rings is 1. The lowest BCUT2D eigenvalue weighted by atomic mass is 9.98. The van der Waals surface area contributed by atoms with Crippen LogP contribution in [0.4, 0.5) is 4.39 Å². The number of piperidine rings is 1. The maximum absolute atomic E-state index is 14.0. The second kappa shape index (κ2) is 9.94. The van der Waals surface area contributed by atoms with Gasteiger partial charge in [0.25, 0.3) is 5.91 Å². The molecule has 32 heavy (non-hydrogen) atoms. The Bertz CT molecular complexity index is 1090. The molecule has 170 valence electrons. The van der Waals surface area contributed by atoms with E-state index in [4.69, 9.17) is 4.98 Å². The monoisotopic (exact) mass is 456 g/mol.